The summed E-state index contributed by atoms with van der Waals surface area (Å²) in [5, 5.41) is 1.35. The Labute approximate surface area is 170 Å². The summed E-state index contributed by atoms with van der Waals surface area (Å²) in [6, 6.07) is 15.5. The number of rotatable bonds is 5. The molecule has 2 aromatic rings. The molecule has 0 aromatic heterocycles. The molecule has 2 fully saturated rings. The van der Waals surface area contributed by atoms with Crippen LogP contribution in [0, 0.1) is 5.92 Å². The minimum atomic E-state index is -0.254. The smallest absolute Gasteiger partial charge is 0.249 e. The molecule has 5 heteroatoms. The molecule has 3 nitrogen and oxygen atoms in total. The lowest BCUT2D eigenvalue weighted by molar-refractivity contribution is -0.164. The van der Waals surface area contributed by atoms with E-state index in [0.29, 0.717) is 16.0 Å². The second kappa shape index (κ2) is 7.83. The lowest BCUT2D eigenvalue weighted by Gasteiger charge is -2.45. The number of hydrogen-bond acceptors (Lipinski definition) is 2. The van der Waals surface area contributed by atoms with Gasteiger partial charge in [-0.25, -0.2) is 0 Å². The molecule has 1 saturated heterocycles. The number of carbonyl (C=O) groups excluding carboxylic acids is 1. The number of carbonyl (C=O) groups is 1. The molecule has 2 aliphatic rings. The standard InChI is InChI=1S/C22H23Cl2NO2/c1-2-19(14-6-7-14)25-20(26)13-27-22(16-4-3-5-18(24)12-16)21(25)15-8-10-17(23)11-9-15/h3-5,8-12,14,19,21-22H,2,6-7,13H2,1H3/t19-,21+,22-/m0/s1. The number of hydrogen-bond donors (Lipinski definition) is 0. The number of nitrogens with zero attached hydrogens (tertiary/aromatic N) is 1. The molecule has 0 N–H and O–H groups in total. The molecule has 3 atom stereocenters. The van der Waals surface area contributed by atoms with Gasteiger partial charge in [-0.05, 0) is 60.6 Å². The van der Waals surface area contributed by atoms with Gasteiger partial charge in [0.2, 0.25) is 5.91 Å². The Kier molecular flexibility index (Phi) is 5.45. The van der Waals surface area contributed by atoms with Crippen LogP contribution in [0.2, 0.25) is 10.0 Å². The molecule has 0 radical (unpaired) electrons. The average molecular weight is 404 g/mol. The van der Waals surface area contributed by atoms with E-state index in [1.807, 2.05) is 48.5 Å². The third kappa shape index (κ3) is 3.87. The fourth-order valence-corrected chi connectivity index (χ4v) is 4.54. The summed E-state index contributed by atoms with van der Waals surface area (Å²) in [7, 11) is 0. The van der Waals surface area contributed by atoms with Crippen molar-refractivity contribution in [2.24, 2.45) is 5.92 Å². The van der Waals surface area contributed by atoms with Gasteiger partial charge < -0.3 is 9.64 Å². The van der Waals surface area contributed by atoms with Crippen LogP contribution in [-0.4, -0.2) is 23.5 Å². The first-order valence-electron chi connectivity index (χ1n) is 9.52. The Bertz CT molecular complexity index is 819. The Morgan fingerprint density at radius 1 is 1.07 bits per heavy atom. The maximum atomic E-state index is 13.0. The lowest BCUT2D eigenvalue weighted by atomic mass is 9.90. The zero-order valence-corrected chi connectivity index (χ0v) is 16.8. The fraction of sp³-hybridized carbons (Fsp3) is 0.409. The first kappa shape index (κ1) is 18.8. The van der Waals surface area contributed by atoms with Gasteiger partial charge in [-0.15, -0.1) is 0 Å². The van der Waals surface area contributed by atoms with Crippen molar-refractivity contribution in [2.75, 3.05) is 6.61 Å². The van der Waals surface area contributed by atoms with Crippen molar-refractivity contribution in [1.29, 1.82) is 0 Å². The quantitative estimate of drug-likeness (QED) is 0.628. The molecule has 142 valence electrons. The van der Waals surface area contributed by atoms with Crippen LogP contribution in [0.5, 0.6) is 0 Å². The van der Waals surface area contributed by atoms with E-state index >= 15 is 0 Å². The van der Waals surface area contributed by atoms with Crippen molar-refractivity contribution in [3.05, 3.63) is 69.7 Å². The number of morpholine rings is 1. The maximum Gasteiger partial charge on any atom is 0.249 e. The Balaban J connectivity index is 1.79. The SMILES string of the molecule is CC[C@@H](C1CC1)N1C(=O)CO[C@@H](c2cccc(Cl)c2)[C@H]1c1ccc(Cl)cc1. The zero-order valence-electron chi connectivity index (χ0n) is 15.3. The van der Waals surface area contributed by atoms with Crippen LogP contribution < -0.4 is 0 Å². The molecule has 0 unspecified atom stereocenters. The molecule has 27 heavy (non-hydrogen) atoms. The second-order valence-electron chi connectivity index (χ2n) is 7.40. The van der Waals surface area contributed by atoms with Crippen LogP contribution in [0.1, 0.15) is 49.5 Å². The van der Waals surface area contributed by atoms with Crippen molar-refractivity contribution < 1.29 is 9.53 Å². The van der Waals surface area contributed by atoms with Crippen LogP contribution in [0.15, 0.2) is 48.5 Å². The largest absolute Gasteiger partial charge is 0.361 e. The Hall–Kier alpha value is -1.55. The maximum absolute atomic E-state index is 13.0. The zero-order chi connectivity index (χ0) is 19.0. The number of amides is 1. The van der Waals surface area contributed by atoms with Gasteiger partial charge in [0.05, 0.1) is 6.04 Å². The van der Waals surface area contributed by atoms with E-state index in [9.17, 15) is 4.79 Å². The highest BCUT2D eigenvalue weighted by molar-refractivity contribution is 6.30. The molecule has 1 amide bonds. The van der Waals surface area contributed by atoms with E-state index in [0.717, 1.165) is 17.5 Å². The van der Waals surface area contributed by atoms with E-state index in [4.69, 9.17) is 27.9 Å². The summed E-state index contributed by atoms with van der Waals surface area (Å²) in [5.74, 6) is 0.652. The lowest BCUT2D eigenvalue weighted by Crippen LogP contribution is -2.51. The molecule has 2 aromatic carbocycles. The molecule has 1 aliphatic carbocycles. The monoisotopic (exact) mass is 403 g/mol. The number of ether oxygens (including phenoxy) is 1. The first-order valence-corrected chi connectivity index (χ1v) is 10.3. The van der Waals surface area contributed by atoms with E-state index in [2.05, 4.69) is 11.8 Å². The molecule has 1 aliphatic heterocycles. The highest BCUT2D eigenvalue weighted by atomic mass is 35.5. The third-order valence-electron chi connectivity index (χ3n) is 5.59. The molecule has 0 bridgehead atoms. The molecular formula is C22H23Cl2NO2. The van der Waals surface area contributed by atoms with Crippen molar-refractivity contribution in [1.82, 2.24) is 4.90 Å². The average Bonchev–Trinajstić information content (AvgIpc) is 3.49. The predicted molar refractivity (Wildman–Crippen MR) is 108 cm³/mol. The number of benzene rings is 2. The highest BCUT2D eigenvalue weighted by Crippen LogP contribution is 2.46. The molecule has 4 rings (SSSR count). The van der Waals surface area contributed by atoms with Crippen molar-refractivity contribution >= 4 is 29.1 Å². The molecule has 1 heterocycles. The van der Waals surface area contributed by atoms with Gasteiger partial charge in [0.15, 0.2) is 0 Å². The minimum absolute atomic E-state index is 0.0620. The fourth-order valence-electron chi connectivity index (χ4n) is 4.21. The summed E-state index contributed by atoms with van der Waals surface area (Å²) in [4.78, 5) is 15.0. The van der Waals surface area contributed by atoms with Gasteiger partial charge >= 0.3 is 0 Å². The third-order valence-corrected chi connectivity index (χ3v) is 6.08. The van der Waals surface area contributed by atoms with Gasteiger partial charge in [-0.3, -0.25) is 4.79 Å². The predicted octanol–water partition coefficient (Wildman–Crippen LogP) is 5.82. The minimum Gasteiger partial charge on any atom is -0.361 e. The molecule has 1 saturated carbocycles. The summed E-state index contributed by atoms with van der Waals surface area (Å²) in [6.45, 7) is 2.27. The Morgan fingerprint density at radius 3 is 2.44 bits per heavy atom. The van der Waals surface area contributed by atoms with Gasteiger partial charge in [0.1, 0.15) is 12.7 Å². The normalized spacial score (nSPS) is 24.1. The van der Waals surface area contributed by atoms with E-state index in [-0.39, 0.29) is 30.7 Å². The van der Waals surface area contributed by atoms with Gasteiger partial charge in [0.25, 0.3) is 0 Å². The van der Waals surface area contributed by atoms with Crippen molar-refractivity contribution in [3.63, 3.8) is 0 Å². The van der Waals surface area contributed by atoms with Gasteiger partial charge in [0, 0.05) is 16.1 Å². The highest BCUT2D eigenvalue weighted by Gasteiger charge is 2.45. The van der Waals surface area contributed by atoms with Crippen LogP contribution in [0.25, 0.3) is 0 Å². The van der Waals surface area contributed by atoms with Crippen molar-refractivity contribution in [3.8, 4) is 0 Å². The summed E-state index contributed by atoms with van der Waals surface area (Å²) < 4.78 is 6.07. The van der Waals surface area contributed by atoms with E-state index in [1.165, 1.54) is 12.8 Å². The van der Waals surface area contributed by atoms with E-state index in [1.54, 1.807) is 0 Å². The van der Waals surface area contributed by atoms with Crippen molar-refractivity contribution in [2.45, 2.75) is 44.4 Å². The summed E-state index contributed by atoms with van der Waals surface area (Å²) in [5.41, 5.74) is 2.03. The van der Waals surface area contributed by atoms with Gasteiger partial charge in [-0.2, -0.15) is 0 Å². The topological polar surface area (TPSA) is 29.5 Å². The summed E-state index contributed by atoms with van der Waals surface area (Å²) in [6.07, 6.45) is 3.08. The van der Waals surface area contributed by atoms with Crippen LogP contribution >= 0.6 is 23.2 Å². The van der Waals surface area contributed by atoms with Crippen LogP contribution in [-0.2, 0) is 9.53 Å². The second-order valence-corrected chi connectivity index (χ2v) is 8.27. The van der Waals surface area contributed by atoms with Gasteiger partial charge in [-0.1, -0.05) is 54.4 Å². The van der Waals surface area contributed by atoms with E-state index < -0.39 is 0 Å². The van der Waals surface area contributed by atoms with Crippen LogP contribution in [0.4, 0.5) is 0 Å². The molecule has 0 spiro atoms. The molecular weight excluding hydrogens is 381 g/mol. The summed E-state index contributed by atoms with van der Waals surface area (Å²) >= 11 is 12.4. The van der Waals surface area contributed by atoms with Crippen LogP contribution in [0.3, 0.4) is 0 Å². The number of halogens is 2. The Morgan fingerprint density at radius 2 is 1.81 bits per heavy atom. The first-order chi connectivity index (χ1) is 13.1.